The fourth-order valence-corrected chi connectivity index (χ4v) is 5.28. The summed E-state index contributed by atoms with van der Waals surface area (Å²) < 4.78 is 27.4. The average Bonchev–Trinajstić information content (AvgIpc) is 2.91. The molecule has 2 atom stereocenters. The highest BCUT2D eigenvalue weighted by Gasteiger charge is 2.43. The zero-order chi connectivity index (χ0) is 26.5. The van der Waals surface area contributed by atoms with Crippen LogP contribution in [0, 0.1) is 0 Å². The molecule has 0 unspecified atom stereocenters. The molecule has 2 aliphatic rings. The lowest BCUT2D eigenvalue weighted by Crippen LogP contribution is -2.36. The van der Waals surface area contributed by atoms with E-state index in [4.69, 9.17) is 23.7 Å². The van der Waals surface area contributed by atoms with E-state index >= 15 is 0 Å². The number of Topliss-reactive ketones (excluding diaryl/α,β-unsaturated/α-hetero) is 1. The quantitative estimate of drug-likeness (QED) is 0.398. The summed E-state index contributed by atoms with van der Waals surface area (Å²) in [5, 5.41) is 3.37. The predicted molar refractivity (Wildman–Crippen MR) is 138 cm³/mol. The van der Waals surface area contributed by atoms with Crippen LogP contribution in [0.4, 0.5) is 0 Å². The monoisotopic (exact) mass is 507 g/mol. The largest absolute Gasteiger partial charge is 0.496 e. The first-order valence-corrected chi connectivity index (χ1v) is 12.2. The highest BCUT2D eigenvalue weighted by molar-refractivity contribution is 6.04. The van der Waals surface area contributed by atoms with Gasteiger partial charge in [-0.1, -0.05) is 30.3 Å². The smallest absolute Gasteiger partial charge is 0.336 e. The van der Waals surface area contributed by atoms with Crippen molar-refractivity contribution in [2.45, 2.75) is 31.6 Å². The zero-order valence-corrected chi connectivity index (χ0v) is 21.9. The third kappa shape index (κ3) is 5.06. The molecule has 0 saturated carbocycles. The maximum absolute atomic E-state index is 13.9. The van der Waals surface area contributed by atoms with E-state index in [0.717, 1.165) is 17.0 Å². The van der Waals surface area contributed by atoms with Crippen LogP contribution in [0.5, 0.6) is 17.2 Å². The van der Waals surface area contributed by atoms with Gasteiger partial charge in [0, 0.05) is 42.0 Å². The minimum absolute atomic E-state index is 0.0470. The van der Waals surface area contributed by atoms with Gasteiger partial charge < -0.3 is 29.0 Å². The summed E-state index contributed by atoms with van der Waals surface area (Å²) in [6.07, 6.45) is 0.877. The molecule has 1 N–H and O–H groups in total. The van der Waals surface area contributed by atoms with Crippen LogP contribution in [-0.4, -0.2) is 53.4 Å². The summed E-state index contributed by atoms with van der Waals surface area (Å²) in [5.41, 5.74) is 3.97. The Morgan fingerprint density at radius 2 is 1.59 bits per heavy atom. The van der Waals surface area contributed by atoms with Crippen molar-refractivity contribution in [1.29, 1.82) is 0 Å². The second-order valence-corrected chi connectivity index (χ2v) is 8.97. The third-order valence-electron chi connectivity index (χ3n) is 6.89. The molecule has 0 aromatic heterocycles. The molecule has 196 valence electrons. The fourth-order valence-electron chi connectivity index (χ4n) is 5.28. The van der Waals surface area contributed by atoms with Crippen LogP contribution >= 0.6 is 0 Å². The van der Waals surface area contributed by atoms with Crippen LogP contribution in [0.1, 0.15) is 42.7 Å². The zero-order valence-electron chi connectivity index (χ0n) is 21.9. The summed E-state index contributed by atoms with van der Waals surface area (Å²) in [5.74, 6) is 0.436. The number of dihydropyridines is 1. The Morgan fingerprint density at radius 3 is 2.30 bits per heavy atom. The lowest BCUT2D eigenvalue weighted by molar-refractivity contribution is -0.140. The number of ketones is 1. The summed E-state index contributed by atoms with van der Waals surface area (Å²) in [6.45, 7) is 2.20. The number of carbonyl (C=O) groups excluding carboxylic acids is 2. The Labute approximate surface area is 217 Å². The molecule has 1 heterocycles. The SMILES string of the molecule is COCCOC(=O)C1=C(C)NC2=C(C(=O)C[C@H](c3ccccc3OC)C2)[C@@H]1c1cccc(OC)c1OC. The number of allylic oxidation sites excluding steroid dienone is 3. The second-order valence-electron chi connectivity index (χ2n) is 8.97. The summed E-state index contributed by atoms with van der Waals surface area (Å²) in [7, 11) is 6.28. The number of ether oxygens (including phenoxy) is 5. The van der Waals surface area contributed by atoms with Crippen LogP contribution in [0.25, 0.3) is 0 Å². The lowest BCUT2D eigenvalue weighted by Gasteiger charge is -2.37. The van der Waals surface area contributed by atoms with Crippen molar-refractivity contribution in [1.82, 2.24) is 5.32 Å². The molecular weight excluding hydrogens is 474 g/mol. The first kappa shape index (κ1) is 26.3. The Hall–Kier alpha value is -3.78. The van der Waals surface area contributed by atoms with Gasteiger partial charge >= 0.3 is 5.97 Å². The molecule has 0 fully saturated rings. The standard InChI is InChI=1S/C29H33NO7/c1-17-25(29(32)37-14-13-33-2)26(20-10-8-12-24(35-4)28(20)36-5)27-21(30-17)15-18(16-22(27)31)19-9-6-7-11-23(19)34-3/h6-12,18,26,30H,13-16H2,1-5H3/t18-,26-/m1/s1. The molecule has 0 amide bonds. The van der Waals surface area contributed by atoms with E-state index in [0.29, 0.717) is 40.3 Å². The molecule has 37 heavy (non-hydrogen) atoms. The van der Waals surface area contributed by atoms with Gasteiger partial charge in [0.15, 0.2) is 17.3 Å². The minimum Gasteiger partial charge on any atom is -0.496 e. The highest BCUT2D eigenvalue weighted by Crippen LogP contribution is 2.50. The van der Waals surface area contributed by atoms with Crippen molar-refractivity contribution in [3.63, 3.8) is 0 Å². The van der Waals surface area contributed by atoms with Gasteiger partial charge in [0.25, 0.3) is 0 Å². The number of para-hydroxylation sites is 2. The summed E-state index contributed by atoms with van der Waals surface area (Å²) in [6, 6.07) is 13.2. The van der Waals surface area contributed by atoms with E-state index in [9.17, 15) is 9.59 Å². The van der Waals surface area contributed by atoms with Crippen LogP contribution in [-0.2, 0) is 19.1 Å². The number of esters is 1. The van der Waals surface area contributed by atoms with E-state index in [2.05, 4.69) is 5.32 Å². The van der Waals surface area contributed by atoms with E-state index in [1.807, 2.05) is 43.3 Å². The molecule has 8 nitrogen and oxygen atoms in total. The van der Waals surface area contributed by atoms with Crippen LogP contribution in [0.15, 0.2) is 65.0 Å². The predicted octanol–water partition coefficient (Wildman–Crippen LogP) is 4.26. The van der Waals surface area contributed by atoms with Crippen LogP contribution in [0.2, 0.25) is 0 Å². The van der Waals surface area contributed by atoms with Gasteiger partial charge in [-0.3, -0.25) is 4.79 Å². The van der Waals surface area contributed by atoms with Crippen molar-refractivity contribution in [3.8, 4) is 17.2 Å². The molecular formula is C29H33NO7. The maximum atomic E-state index is 13.9. The number of hydrogen-bond acceptors (Lipinski definition) is 8. The van der Waals surface area contributed by atoms with E-state index in [-0.39, 0.29) is 31.3 Å². The van der Waals surface area contributed by atoms with Crippen molar-refractivity contribution in [3.05, 3.63) is 76.1 Å². The first-order valence-electron chi connectivity index (χ1n) is 12.2. The molecule has 2 aromatic rings. The highest BCUT2D eigenvalue weighted by atomic mass is 16.6. The van der Waals surface area contributed by atoms with Gasteiger partial charge in [-0.05, 0) is 31.0 Å². The number of nitrogens with one attached hydrogen (secondary N) is 1. The fraction of sp³-hybridized carbons (Fsp3) is 0.379. The molecule has 0 spiro atoms. The molecule has 8 heteroatoms. The normalized spacial score (nSPS) is 19.2. The summed E-state index contributed by atoms with van der Waals surface area (Å²) >= 11 is 0. The van der Waals surface area contributed by atoms with E-state index in [1.165, 1.54) is 0 Å². The molecule has 1 aliphatic carbocycles. The second kappa shape index (κ2) is 11.5. The lowest BCUT2D eigenvalue weighted by atomic mass is 9.71. The molecule has 4 rings (SSSR count). The number of benzene rings is 2. The van der Waals surface area contributed by atoms with Gasteiger partial charge in [-0.25, -0.2) is 4.79 Å². The van der Waals surface area contributed by atoms with Crippen LogP contribution in [0.3, 0.4) is 0 Å². The van der Waals surface area contributed by atoms with Gasteiger partial charge in [0.2, 0.25) is 0 Å². The van der Waals surface area contributed by atoms with Crippen molar-refractivity contribution in [2.24, 2.45) is 0 Å². The number of carbonyl (C=O) groups is 2. The minimum atomic E-state index is -0.678. The molecule has 2 aromatic carbocycles. The number of methoxy groups -OCH3 is 4. The Balaban J connectivity index is 1.84. The Morgan fingerprint density at radius 1 is 0.892 bits per heavy atom. The van der Waals surface area contributed by atoms with E-state index in [1.54, 1.807) is 34.5 Å². The molecule has 0 bridgehead atoms. The first-order chi connectivity index (χ1) is 17.9. The molecule has 1 aliphatic heterocycles. The number of hydrogen-bond donors (Lipinski definition) is 1. The van der Waals surface area contributed by atoms with Gasteiger partial charge in [-0.15, -0.1) is 0 Å². The average molecular weight is 508 g/mol. The van der Waals surface area contributed by atoms with Gasteiger partial charge in [-0.2, -0.15) is 0 Å². The van der Waals surface area contributed by atoms with E-state index < -0.39 is 11.9 Å². The maximum Gasteiger partial charge on any atom is 0.336 e. The molecule has 0 radical (unpaired) electrons. The van der Waals surface area contributed by atoms with Gasteiger partial charge in [0.1, 0.15) is 12.4 Å². The van der Waals surface area contributed by atoms with Crippen molar-refractivity contribution in [2.75, 3.05) is 41.7 Å². The Bertz CT molecular complexity index is 1250. The summed E-state index contributed by atoms with van der Waals surface area (Å²) in [4.78, 5) is 27.3. The topological polar surface area (TPSA) is 92.3 Å². The Kier molecular flexibility index (Phi) is 8.18. The number of rotatable bonds is 9. The van der Waals surface area contributed by atoms with Crippen molar-refractivity contribution >= 4 is 11.8 Å². The molecule has 0 saturated heterocycles. The van der Waals surface area contributed by atoms with Gasteiger partial charge in [0.05, 0.1) is 39.4 Å². The van der Waals surface area contributed by atoms with Crippen LogP contribution < -0.4 is 19.5 Å². The van der Waals surface area contributed by atoms with Crippen molar-refractivity contribution < 1.29 is 33.3 Å². The third-order valence-corrected chi connectivity index (χ3v) is 6.89.